The van der Waals surface area contributed by atoms with Gasteiger partial charge >= 0.3 is 5.97 Å². The minimum Gasteiger partial charge on any atom is -0.481 e. The topological polar surface area (TPSA) is 101 Å². The first-order valence-electron chi connectivity index (χ1n) is 5.96. The van der Waals surface area contributed by atoms with Crippen molar-refractivity contribution < 1.29 is 14.7 Å². The monoisotopic (exact) mass is 295 g/mol. The fourth-order valence-electron chi connectivity index (χ4n) is 1.60. The number of rotatable bonds is 5. The lowest BCUT2D eigenvalue weighted by atomic mass is 10.1. The lowest BCUT2D eigenvalue weighted by Gasteiger charge is -2.07. The standard InChI is InChI=1S/C12H13N3O4S/c1-7(11(18)19)2-3-13-9(16)8-6-14-12-15(10(8)17)4-5-20-12/h4-7H,2-3H2,1H3,(H,13,16)(H,18,19). The molecule has 2 aromatic rings. The maximum absolute atomic E-state index is 12.0. The van der Waals surface area contributed by atoms with Crippen molar-refractivity contribution in [3.05, 3.63) is 33.7 Å². The van der Waals surface area contributed by atoms with Gasteiger partial charge in [0.25, 0.3) is 11.5 Å². The van der Waals surface area contributed by atoms with E-state index in [9.17, 15) is 14.4 Å². The van der Waals surface area contributed by atoms with E-state index in [1.54, 1.807) is 18.5 Å². The van der Waals surface area contributed by atoms with Crippen molar-refractivity contribution in [2.24, 2.45) is 5.92 Å². The van der Waals surface area contributed by atoms with Crippen LogP contribution < -0.4 is 10.9 Å². The van der Waals surface area contributed by atoms with Gasteiger partial charge < -0.3 is 10.4 Å². The van der Waals surface area contributed by atoms with Crippen molar-refractivity contribution >= 4 is 28.2 Å². The second kappa shape index (κ2) is 5.83. The molecule has 2 heterocycles. The molecule has 0 aliphatic carbocycles. The van der Waals surface area contributed by atoms with E-state index in [1.165, 1.54) is 21.9 Å². The first kappa shape index (κ1) is 14.2. The molecule has 0 spiro atoms. The van der Waals surface area contributed by atoms with Gasteiger partial charge in [-0.3, -0.25) is 18.8 Å². The van der Waals surface area contributed by atoms with E-state index in [1.807, 2.05) is 0 Å². The number of carboxylic acid groups (broad SMARTS) is 1. The highest BCUT2D eigenvalue weighted by atomic mass is 32.1. The van der Waals surface area contributed by atoms with Crippen LogP contribution in [0.2, 0.25) is 0 Å². The molecule has 7 nitrogen and oxygen atoms in total. The van der Waals surface area contributed by atoms with Crippen LogP contribution in [0.15, 0.2) is 22.6 Å². The summed E-state index contributed by atoms with van der Waals surface area (Å²) in [6.07, 6.45) is 3.10. The smallest absolute Gasteiger partial charge is 0.306 e. The highest BCUT2D eigenvalue weighted by Gasteiger charge is 2.15. The minimum atomic E-state index is -0.916. The quantitative estimate of drug-likeness (QED) is 0.841. The van der Waals surface area contributed by atoms with Crippen LogP contribution in [0.25, 0.3) is 4.96 Å². The molecule has 0 radical (unpaired) electrons. The van der Waals surface area contributed by atoms with Gasteiger partial charge in [0, 0.05) is 24.3 Å². The van der Waals surface area contributed by atoms with Crippen LogP contribution in [0, 0.1) is 5.92 Å². The largest absolute Gasteiger partial charge is 0.481 e. The Morgan fingerprint density at radius 2 is 2.30 bits per heavy atom. The van der Waals surface area contributed by atoms with Crippen LogP contribution in [-0.4, -0.2) is 32.9 Å². The molecular formula is C12H13N3O4S. The van der Waals surface area contributed by atoms with E-state index in [0.717, 1.165) is 0 Å². The summed E-state index contributed by atoms with van der Waals surface area (Å²) in [6, 6.07) is 0. The Labute approximate surface area is 117 Å². The molecule has 1 atom stereocenters. The van der Waals surface area contributed by atoms with Gasteiger partial charge in [-0.25, -0.2) is 4.98 Å². The molecule has 2 N–H and O–H groups in total. The molecule has 0 bridgehead atoms. The number of thiazole rings is 1. The van der Waals surface area contributed by atoms with Crippen molar-refractivity contribution in [3.63, 3.8) is 0 Å². The van der Waals surface area contributed by atoms with Gasteiger partial charge in [0.15, 0.2) is 4.96 Å². The molecule has 8 heteroatoms. The second-order valence-electron chi connectivity index (χ2n) is 4.32. The van der Waals surface area contributed by atoms with E-state index in [-0.39, 0.29) is 12.1 Å². The Morgan fingerprint density at radius 3 is 3.00 bits per heavy atom. The Bertz CT molecular complexity index is 706. The number of carboxylic acids is 1. The molecular weight excluding hydrogens is 282 g/mol. The van der Waals surface area contributed by atoms with Crippen LogP contribution in [0.1, 0.15) is 23.7 Å². The van der Waals surface area contributed by atoms with E-state index in [0.29, 0.717) is 11.4 Å². The normalized spacial score (nSPS) is 12.2. The van der Waals surface area contributed by atoms with Crippen molar-refractivity contribution in [2.45, 2.75) is 13.3 Å². The number of hydrogen-bond acceptors (Lipinski definition) is 5. The van der Waals surface area contributed by atoms with Gasteiger partial charge in [-0.2, -0.15) is 0 Å². The summed E-state index contributed by atoms with van der Waals surface area (Å²) in [5, 5.41) is 13.0. The number of fused-ring (bicyclic) bond motifs is 1. The molecule has 1 amide bonds. The Kier molecular flexibility index (Phi) is 4.14. The fraction of sp³-hybridized carbons (Fsp3) is 0.333. The Balaban J connectivity index is 2.06. The van der Waals surface area contributed by atoms with Gasteiger partial charge in [0.1, 0.15) is 5.56 Å². The summed E-state index contributed by atoms with van der Waals surface area (Å²) in [5.74, 6) is -2.00. The SMILES string of the molecule is CC(CCNC(=O)c1cnc2sccn2c1=O)C(=O)O. The number of hydrogen-bond donors (Lipinski definition) is 2. The van der Waals surface area contributed by atoms with Gasteiger partial charge in [-0.1, -0.05) is 6.92 Å². The first-order chi connectivity index (χ1) is 9.50. The summed E-state index contributed by atoms with van der Waals surface area (Å²) in [4.78, 5) is 39.1. The van der Waals surface area contributed by atoms with Crippen LogP contribution in [0.5, 0.6) is 0 Å². The third-order valence-electron chi connectivity index (χ3n) is 2.87. The average molecular weight is 295 g/mol. The predicted octanol–water partition coefficient (Wildman–Crippen LogP) is 0.597. The zero-order valence-electron chi connectivity index (χ0n) is 10.7. The van der Waals surface area contributed by atoms with E-state index < -0.39 is 23.4 Å². The Hall–Kier alpha value is -2.22. The zero-order chi connectivity index (χ0) is 14.7. The van der Waals surface area contributed by atoms with Gasteiger partial charge in [-0.15, -0.1) is 11.3 Å². The Morgan fingerprint density at radius 1 is 1.55 bits per heavy atom. The first-order valence-corrected chi connectivity index (χ1v) is 6.84. The van der Waals surface area contributed by atoms with Crippen LogP contribution in [-0.2, 0) is 4.79 Å². The van der Waals surface area contributed by atoms with Gasteiger partial charge in [0.2, 0.25) is 0 Å². The number of carbonyl (C=O) groups is 2. The van der Waals surface area contributed by atoms with Gasteiger partial charge in [-0.05, 0) is 6.42 Å². The number of nitrogens with zero attached hydrogens (tertiary/aromatic N) is 2. The highest BCUT2D eigenvalue weighted by molar-refractivity contribution is 7.15. The molecule has 2 rings (SSSR count). The van der Waals surface area contributed by atoms with E-state index >= 15 is 0 Å². The number of nitrogens with one attached hydrogen (secondary N) is 1. The van der Waals surface area contributed by atoms with Crippen molar-refractivity contribution in [1.82, 2.24) is 14.7 Å². The maximum atomic E-state index is 12.0. The predicted molar refractivity (Wildman–Crippen MR) is 73.1 cm³/mol. The molecule has 20 heavy (non-hydrogen) atoms. The van der Waals surface area contributed by atoms with Crippen LogP contribution in [0.3, 0.4) is 0 Å². The average Bonchev–Trinajstić information content (AvgIpc) is 2.87. The van der Waals surface area contributed by atoms with Crippen LogP contribution >= 0.6 is 11.3 Å². The number of aromatic nitrogens is 2. The van der Waals surface area contributed by atoms with Crippen molar-refractivity contribution in [1.29, 1.82) is 0 Å². The van der Waals surface area contributed by atoms with Gasteiger partial charge in [0.05, 0.1) is 5.92 Å². The number of aliphatic carboxylic acids is 1. The molecule has 0 saturated carbocycles. The molecule has 106 valence electrons. The summed E-state index contributed by atoms with van der Waals surface area (Å²) in [6.45, 7) is 1.75. The number of amides is 1. The van der Waals surface area contributed by atoms with E-state index in [4.69, 9.17) is 5.11 Å². The third kappa shape index (κ3) is 2.85. The lowest BCUT2D eigenvalue weighted by molar-refractivity contribution is -0.141. The summed E-state index contributed by atoms with van der Waals surface area (Å²) in [7, 11) is 0. The molecule has 0 saturated heterocycles. The zero-order valence-corrected chi connectivity index (χ0v) is 11.5. The number of carbonyl (C=O) groups excluding carboxylic acids is 1. The summed E-state index contributed by atoms with van der Waals surface area (Å²) < 4.78 is 1.31. The molecule has 2 aromatic heterocycles. The summed E-state index contributed by atoms with van der Waals surface area (Å²) >= 11 is 1.30. The molecule has 0 aromatic carbocycles. The van der Waals surface area contributed by atoms with Crippen molar-refractivity contribution in [3.8, 4) is 0 Å². The fourth-order valence-corrected chi connectivity index (χ4v) is 2.28. The molecule has 0 aliphatic rings. The molecule has 1 unspecified atom stereocenters. The maximum Gasteiger partial charge on any atom is 0.306 e. The molecule has 0 fully saturated rings. The summed E-state index contributed by atoms with van der Waals surface area (Å²) in [5.41, 5.74) is -0.482. The van der Waals surface area contributed by atoms with Crippen LogP contribution in [0.4, 0.5) is 0 Å². The van der Waals surface area contributed by atoms with E-state index in [2.05, 4.69) is 10.3 Å². The van der Waals surface area contributed by atoms with Crippen molar-refractivity contribution in [2.75, 3.05) is 6.54 Å². The third-order valence-corrected chi connectivity index (χ3v) is 3.64. The lowest BCUT2D eigenvalue weighted by Crippen LogP contribution is -2.32. The molecule has 0 aliphatic heterocycles. The second-order valence-corrected chi connectivity index (χ2v) is 5.19. The minimum absolute atomic E-state index is 0.0520. The highest BCUT2D eigenvalue weighted by Crippen LogP contribution is 2.06.